The molecule has 252 valence electrons. The van der Waals surface area contributed by atoms with Crippen LogP contribution in [-0.2, 0) is 5.41 Å². The van der Waals surface area contributed by atoms with Crippen LogP contribution in [0, 0.1) is 0 Å². The molecule has 0 unspecified atom stereocenters. The van der Waals surface area contributed by atoms with Crippen LogP contribution < -0.4 is 0 Å². The molecule has 0 N–H and O–H groups in total. The van der Waals surface area contributed by atoms with E-state index in [4.69, 9.17) is 9.97 Å². The van der Waals surface area contributed by atoms with E-state index in [0.29, 0.717) is 5.82 Å². The van der Waals surface area contributed by atoms with Crippen molar-refractivity contribution in [3.63, 3.8) is 0 Å². The van der Waals surface area contributed by atoms with Gasteiger partial charge in [0, 0.05) is 26.5 Å². The van der Waals surface area contributed by atoms with Gasteiger partial charge in [-0.25, -0.2) is 9.97 Å². The normalized spacial score (nSPS) is 13.3. The van der Waals surface area contributed by atoms with Gasteiger partial charge in [0.1, 0.15) is 0 Å². The maximum absolute atomic E-state index is 5.33. The van der Waals surface area contributed by atoms with Gasteiger partial charge in [-0.15, -0.1) is 0 Å². The van der Waals surface area contributed by atoms with Crippen LogP contribution in [0.2, 0.25) is 0 Å². The van der Waals surface area contributed by atoms with Gasteiger partial charge in [-0.1, -0.05) is 194 Å². The maximum Gasteiger partial charge on any atom is 0.160 e. The Bertz CT molecular complexity index is 2880. The minimum absolute atomic E-state index is 0.438. The molecule has 2 nitrogen and oxygen atoms in total. The summed E-state index contributed by atoms with van der Waals surface area (Å²) in [6.45, 7) is 0. The van der Waals surface area contributed by atoms with Crippen molar-refractivity contribution in [2.75, 3.05) is 0 Å². The summed E-state index contributed by atoms with van der Waals surface area (Å²) in [5.74, 6) is 0.711. The third-order valence-corrected chi connectivity index (χ3v) is 12.4. The van der Waals surface area contributed by atoms with Crippen molar-refractivity contribution < 1.29 is 0 Å². The van der Waals surface area contributed by atoms with Crippen molar-refractivity contribution in [1.29, 1.82) is 0 Å². The van der Waals surface area contributed by atoms with Crippen LogP contribution in [0.15, 0.2) is 204 Å². The molecule has 1 aromatic heterocycles. The van der Waals surface area contributed by atoms with Crippen molar-refractivity contribution in [2.45, 2.75) is 15.2 Å². The van der Waals surface area contributed by atoms with Crippen LogP contribution >= 0.6 is 11.8 Å². The lowest BCUT2D eigenvalue weighted by Gasteiger charge is -2.40. The Morgan fingerprint density at radius 1 is 0.370 bits per heavy atom. The molecule has 0 saturated heterocycles. The molecule has 0 saturated carbocycles. The SMILES string of the molecule is c1ccc(-c2nc(-c3ccccc3-c3cccc4c3Sc3ccccc3C43c4ccccc4-c4ccccc43)cc(-c3cccc4ccccc34)n2)cc1. The third-order valence-electron chi connectivity index (χ3n) is 11.2. The zero-order valence-corrected chi connectivity index (χ0v) is 30.1. The monoisotopic (exact) mass is 704 g/mol. The Hall–Kier alpha value is -6.55. The molecular weight excluding hydrogens is 673 g/mol. The molecule has 0 amide bonds. The van der Waals surface area contributed by atoms with Crippen LogP contribution in [0.25, 0.3) is 66.9 Å². The van der Waals surface area contributed by atoms with Crippen molar-refractivity contribution in [1.82, 2.24) is 9.97 Å². The van der Waals surface area contributed by atoms with Crippen LogP contribution in [0.3, 0.4) is 0 Å². The molecule has 3 heteroatoms. The van der Waals surface area contributed by atoms with Crippen molar-refractivity contribution in [3.05, 3.63) is 216 Å². The molecule has 8 aromatic carbocycles. The number of nitrogens with zero attached hydrogens (tertiary/aromatic N) is 2. The lowest BCUT2D eigenvalue weighted by molar-refractivity contribution is 0.723. The highest BCUT2D eigenvalue weighted by Gasteiger charge is 2.50. The highest BCUT2D eigenvalue weighted by atomic mass is 32.2. The first kappa shape index (κ1) is 31.0. The fraction of sp³-hybridized carbons (Fsp3) is 0.0196. The second-order valence-corrected chi connectivity index (χ2v) is 15.1. The van der Waals surface area contributed by atoms with Gasteiger partial charge in [0.05, 0.1) is 16.8 Å². The summed E-state index contributed by atoms with van der Waals surface area (Å²) in [5, 5.41) is 2.36. The molecular formula is C51H32N2S. The second-order valence-electron chi connectivity index (χ2n) is 14.0. The van der Waals surface area contributed by atoms with E-state index in [2.05, 4.69) is 188 Å². The third kappa shape index (κ3) is 4.55. The summed E-state index contributed by atoms with van der Waals surface area (Å²) in [6.07, 6.45) is 0. The molecule has 11 rings (SSSR count). The predicted octanol–water partition coefficient (Wildman–Crippen LogP) is 13.1. The van der Waals surface area contributed by atoms with Gasteiger partial charge >= 0.3 is 0 Å². The molecule has 54 heavy (non-hydrogen) atoms. The fourth-order valence-electron chi connectivity index (χ4n) is 8.92. The van der Waals surface area contributed by atoms with Gasteiger partial charge in [-0.05, 0) is 67.4 Å². The minimum Gasteiger partial charge on any atom is -0.228 e. The minimum atomic E-state index is -0.438. The van der Waals surface area contributed by atoms with Crippen LogP contribution in [-0.4, -0.2) is 9.97 Å². The van der Waals surface area contributed by atoms with E-state index in [-0.39, 0.29) is 0 Å². The number of aromatic nitrogens is 2. The van der Waals surface area contributed by atoms with E-state index >= 15 is 0 Å². The number of hydrogen-bond donors (Lipinski definition) is 0. The van der Waals surface area contributed by atoms with Crippen LogP contribution in [0.1, 0.15) is 22.3 Å². The van der Waals surface area contributed by atoms with E-state index in [1.165, 1.54) is 59.5 Å². The summed E-state index contributed by atoms with van der Waals surface area (Å²) in [7, 11) is 0. The highest BCUT2D eigenvalue weighted by molar-refractivity contribution is 7.99. The topological polar surface area (TPSA) is 25.8 Å². The summed E-state index contributed by atoms with van der Waals surface area (Å²) in [5.41, 5.74) is 14.8. The first-order valence-electron chi connectivity index (χ1n) is 18.4. The number of rotatable bonds is 4. The average Bonchev–Trinajstić information content (AvgIpc) is 3.54. The quantitative estimate of drug-likeness (QED) is 0.182. The van der Waals surface area contributed by atoms with E-state index in [1.807, 2.05) is 17.8 Å². The second kappa shape index (κ2) is 12.3. The zero-order valence-electron chi connectivity index (χ0n) is 29.3. The molecule has 1 aliphatic carbocycles. The molecule has 0 fully saturated rings. The summed E-state index contributed by atoms with van der Waals surface area (Å²) in [4.78, 5) is 13.1. The molecule has 1 spiro atoms. The van der Waals surface area contributed by atoms with Gasteiger partial charge in [0.15, 0.2) is 5.82 Å². The van der Waals surface area contributed by atoms with Crippen molar-refractivity contribution in [2.24, 2.45) is 0 Å². The van der Waals surface area contributed by atoms with E-state index in [0.717, 1.165) is 33.6 Å². The predicted molar refractivity (Wildman–Crippen MR) is 223 cm³/mol. The Morgan fingerprint density at radius 3 is 1.67 bits per heavy atom. The molecule has 1 aliphatic heterocycles. The van der Waals surface area contributed by atoms with Crippen LogP contribution in [0.4, 0.5) is 0 Å². The lowest BCUT2D eigenvalue weighted by atomic mass is 9.67. The molecule has 0 atom stereocenters. The summed E-state index contributed by atoms with van der Waals surface area (Å²) < 4.78 is 0. The van der Waals surface area contributed by atoms with Gasteiger partial charge in [-0.3, -0.25) is 0 Å². The number of hydrogen-bond acceptors (Lipinski definition) is 3. The van der Waals surface area contributed by atoms with Crippen molar-refractivity contribution in [3.8, 4) is 56.2 Å². The van der Waals surface area contributed by atoms with Gasteiger partial charge < -0.3 is 0 Å². The van der Waals surface area contributed by atoms with Crippen LogP contribution in [0.5, 0.6) is 0 Å². The Morgan fingerprint density at radius 2 is 0.889 bits per heavy atom. The number of benzene rings is 8. The standard InChI is InChI=1S/C51H32N2S/c1-2-17-34(18-3-1)50-52-46(39-25-14-19-33-16-4-5-20-35(33)39)32-47(53-50)40-24-7-6-21-36(40)41-26-15-30-45-49(41)54-48-31-13-12-29-44(48)51(45)42-27-10-8-22-37(42)38-23-9-11-28-43(38)51/h1-32H. The van der Waals surface area contributed by atoms with E-state index < -0.39 is 5.41 Å². The first-order chi connectivity index (χ1) is 26.8. The maximum atomic E-state index is 5.33. The molecule has 2 heterocycles. The smallest absolute Gasteiger partial charge is 0.160 e. The van der Waals surface area contributed by atoms with Crippen molar-refractivity contribution >= 4 is 22.5 Å². The van der Waals surface area contributed by atoms with Gasteiger partial charge in [-0.2, -0.15) is 0 Å². The average molecular weight is 705 g/mol. The Balaban J connectivity index is 1.17. The Kier molecular flexibility index (Phi) is 7.05. The van der Waals surface area contributed by atoms with E-state index in [1.54, 1.807) is 0 Å². The Labute approximate surface area is 318 Å². The number of fused-ring (bicyclic) bond motifs is 10. The molecule has 9 aromatic rings. The molecule has 0 bridgehead atoms. The first-order valence-corrected chi connectivity index (χ1v) is 19.2. The molecule has 2 aliphatic rings. The van der Waals surface area contributed by atoms with E-state index in [9.17, 15) is 0 Å². The van der Waals surface area contributed by atoms with Gasteiger partial charge in [0.2, 0.25) is 0 Å². The largest absolute Gasteiger partial charge is 0.228 e. The molecule has 0 radical (unpaired) electrons. The van der Waals surface area contributed by atoms with Gasteiger partial charge in [0.25, 0.3) is 0 Å². The summed E-state index contributed by atoms with van der Waals surface area (Å²) >= 11 is 1.89. The zero-order chi connectivity index (χ0) is 35.6. The lowest BCUT2D eigenvalue weighted by Crippen LogP contribution is -2.32. The summed E-state index contributed by atoms with van der Waals surface area (Å²) in [6, 6.07) is 70.2. The highest BCUT2D eigenvalue weighted by Crippen LogP contribution is 2.63. The fourth-order valence-corrected chi connectivity index (χ4v) is 10.2.